The van der Waals surface area contributed by atoms with Crippen LogP contribution < -0.4 is 19.5 Å². The van der Waals surface area contributed by atoms with Gasteiger partial charge in [-0.1, -0.05) is 42.5 Å². The molecule has 0 unspecified atom stereocenters. The summed E-state index contributed by atoms with van der Waals surface area (Å²) in [6.07, 6.45) is 0. The van der Waals surface area contributed by atoms with E-state index in [1.807, 2.05) is 12.1 Å². The van der Waals surface area contributed by atoms with Crippen molar-refractivity contribution in [2.75, 3.05) is 21.3 Å². The molecule has 25 heavy (non-hydrogen) atoms. The molecule has 3 aromatic rings. The van der Waals surface area contributed by atoms with E-state index in [0.29, 0.717) is 23.8 Å². The maximum absolute atomic E-state index is 5.53. The lowest BCUT2D eigenvalue weighted by Crippen LogP contribution is -2.13. The molecule has 4 nitrogen and oxygen atoms in total. The average molecular weight is 337 g/mol. The van der Waals surface area contributed by atoms with E-state index >= 15 is 0 Å². The van der Waals surface area contributed by atoms with Crippen molar-refractivity contribution in [3.05, 3.63) is 65.7 Å². The van der Waals surface area contributed by atoms with Crippen molar-refractivity contribution in [2.24, 2.45) is 0 Å². The number of ether oxygens (including phenoxy) is 3. The number of benzene rings is 3. The van der Waals surface area contributed by atoms with Gasteiger partial charge in [0.15, 0.2) is 11.5 Å². The van der Waals surface area contributed by atoms with Crippen molar-refractivity contribution in [3.8, 4) is 17.2 Å². The van der Waals surface area contributed by atoms with Crippen molar-refractivity contribution >= 4 is 10.8 Å². The van der Waals surface area contributed by atoms with Crippen LogP contribution in [0, 0.1) is 0 Å². The maximum atomic E-state index is 5.53. The minimum atomic E-state index is 0.620. The van der Waals surface area contributed by atoms with E-state index in [9.17, 15) is 0 Å². The Hall–Kier alpha value is -2.72. The second kappa shape index (κ2) is 7.90. The lowest BCUT2D eigenvalue weighted by atomic mass is 10.1. The Kier molecular flexibility index (Phi) is 5.41. The first-order chi connectivity index (χ1) is 12.3. The molecule has 0 fully saturated rings. The van der Waals surface area contributed by atoms with Crippen molar-refractivity contribution in [2.45, 2.75) is 13.1 Å². The van der Waals surface area contributed by atoms with Gasteiger partial charge in [-0.25, -0.2) is 0 Å². The molecule has 3 rings (SSSR count). The molecule has 0 radical (unpaired) electrons. The van der Waals surface area contributed by atoms with E-state index in [1.165, 1.54) is 16.3 Å². The van der Waals surface area contributed by atoms with Crippen LogP contribution in [-0.4, -0.2) is 21.3 Å². The summed E-state index contributed by atoms with van der Waals surface area (Å²) in [6.45, 7) is 1.46. The Balaban J connectivity index is 1.72. The maximum Gasteiger partial charge on any atom is 0.203 e. The minimum absolute atomic E-state index is 0.620. The van der Waals surface area contributed by atoms with Crippen molar-refractivity contribution < 1.29 is 14.2 Å². The normalized spacial score (nSPS) is 10.7. The van der Waals surface area contributed by atoms with Gasteiger partial charge in [0.25, 0.3) is 0 Å². The van der Waals surface area contributed by atoms with Crippen LogP contribution in [0.2, 0.25) is 0 Å². The van der Waals surface area contributed by atoms with Gasteiger partial charge < -0.3 is 19.5 Å². The third-order valence-corrected chi connectivity index (χ3v) is 4.24. The molecule has 0 bridgehead atoms. The average Bonchev–Trinajstić information content (AvgIpc) is 2.67. The Bertz CT molecular complexity index is 861. The fraction of sp³-hybridized carbons (Fsp3) is 0.238. The van der Waals surface area contributed by atoms with Crippen LogP contribution in [0.4, 0.5) is 0 Å². The molecule has 0 aliphatic carbocycles. The van der Waals surface area contributed by atoms with Crippen LogP contribution >= 0.6 is 0 Å². The first-order valence-corrected chi connectivity index (χ1v) is 8.23. The van der Waals surface area contributed by atoms with Crippen LogP contribution in [0.3, 0.4) is 0 Å². The number of nitrogens with one attached hydrogen (secondary N) is 1. The van der Waals surface area contributed by atoms with E-state index in [4.69, 9.17) is 14.2 Å². The molecule has 0 saturated heterocycles. The standard InChI is InChI=1S/C21H23NO3/c1-23-19-11-10-18(20(24-2)21(19)25-3)14-22-13-15-8-9-16-6-4-5-7-17(16)12-15/h4-12,22H,13-14H2,1-3H3. The summed E-state index contributed by atoms with van der Waals surface area (Å²) in [5.41, 5.74) is 2.28. The Morgan fingerprint density at radius 2 is 1.48 bits per heavy atom. The van der Waals surface area contributed by atoms with Gasteiger partial charge >= 0.3 is 0 Å². The molecule has 0 atom stereocenters. The van der Waals surface area contributed by atoms with Crippen LogP contribution in [-0.2, 0) is 13.1 Å². The molecule has 1 N–H and O–H groups in total. The molecule has 0 saturated carbocycles. The first kappa shape index (κ1) is 17.1. The zero-order valence-electron chi connectivity index (χ0n) is 14.8. The van der Waals surface area contributed by atoms with E-state index in [1.54, 1.807) is 21.3 Å². The highest BCUT2D eigenvalue weighted by molar-refractivity contribution is 5.82. The summed E-state index contributed by atoms with van der Waals surface area (Å²) >= 11 is 0. The highest BCUT2D eigenvalue weighted by Crippen LogP contribution is 2.39. The second-order valence-electron chi connectivity index (χ2n) is 5.78. The van der Waals surface area contributed by atoms with Crippen LogP contribution in [0.5, 0.6) is 17.2 Å². The molecule has 4 heteroatoms. The smallest absolute Gasteiger partial charge is 0.203 e. The highest BCUT2D eigenvalue weighted by atomic mass is 16.5. The van der Waals surface area contributed by atoms with Gasteiger partial charge in [0.1, 0.15) is 0 Å². The predicted molar refractivity (Wildman–Crippen MR) is 101 cm³/mol. The van der Waals surface area contributed by atoms with E-state index in [2.05, 4.69) is 47.8 Å². The van der Waals surface area contributed by atoms with Gasteiger partial charge in [-0.2, -0.15) is 0 Å². The summed E-state index contributed by atoms with van der Waals surface area (Å²) in [7, 11) is 4.88. The number of hydrogen-bond donors (Lipinski definition) is 1. The monoisotopic (exact) mass is 337 g/mol. The minimum Gasteiger partial charge on any atom is -0.493 e. The quantitative estimate of drug-likeness (QED) is 0.703. The lowest BCUT2D eigenvalue weighted by Gasteiger charge is -2.16. The molecular weight excluding hydrogens is 314 g/mol. The van der Waals surface area contributed by atoms with Crippen molar-refractivity contribution in [1.82, 2.24) is 5.32 Å². The molecule has 130 valence electrons. The zero-order valence-corrected chi connectivity index (χ0v) is 14.8. The number of hydrogen-bond acceptors (Lipinski definition) is 4. The largest absolute Gasteiger partial charge is 0.493 e. The Morgan fingerprint density at radius 1 is 0.720 bits per heavy atom. The fourth-order valence-corrected chi connectivity index (χ4v) is 2.99. The van der Waals surface area contributed by atoms with Crippen LogP contribution in [0.1, 0.15) is 11.1 Å². The lowest BCUT2D eigenvalue weighted by molar-refractivity contribution is 0.321. The van der Waals surface area contributed by atoms with Gasteiger partial charge in [-0.3, -0.25) is 0 Å². The summed E-state index contributed by atoms with van der Waals surface area (Å²) < 4.78 is 16.3. The van der Waals surface area contributed by atoms with E-state index in [0.717, 1.165) is 12.1 Å². The van der Waals surface area contributed by atoms with E-state index in [-0.39, 0.29) is 0 Å². The van der Waals surface area contributed by atoms with Crippen LogP contribution in [0.15, 0.2) is 54.6 Å². The number of rotatable bonds is 7. The van der Waals surface area contributed by atoms with E-state index < -0.39 is 0 Å². The zero-order chi connectivity index (χ0) is 17.6. The number of fused-ring (bicyclic) bond motifs is 1. The van der Waals surface area contributed by atoms with Crippen molar-refractivity contribution in [1.29, 1.82) is 0 Å². The topological polar surface area (TPSA) is 39.7 Å². The van der Waals surface area contributed by atoms with Crippen molar-refractivity contribution in [3.63, 3.8) is 0 Å². The number of methoxy groups -OCH3 is 3. The Morgan fingerprint density at radius 3 is 2.20 bits per heavy atom. The van der Waals surface area contributed by atoms with Gasteiger partial charge in [-0.05, 0) is 28.5 Å². The summed E-state index contributed by atoms with van der Waals surface area (Å²) in [4.78, 5) is 0. The molecule has 0 aliphatic heterocycles. The fourth-order valence-electron chi connectivity index (χ4n) is 2.99. The van der Waals surface area contributed by atoms with Gasteiger partial charge in [0, 0.05) is 18.7 Å². The third kappa shape index (κ3) is 3.69. The summed E-state index contributed by atoms with van der Waals surface area (Å²) in [5, 5.41) is 5.98. The molecular formula is C21H23NO3. The van der Waals surface area contributed by atoms with Gasteiger partial charge in [0.05, 0.1) is 21.3 Å². The third-order valence-electron chi connectivity index (χ3n) is 4.24. The molecule has 0 heterocycles. The summed E-state index contributed by atoms with van der Waals surface area (Å²) in [6, 6.07) is 18.8. The summed E-state index contributed by atoms with van der Waals surface area (Å²) in [5.74, 6) is 1.99. The highest BCUT2D eigenvalue weighted by Gasteiger charge is 2.15. The Labute approximate surface area is 148 Å². The molecule has 0 spiro atoms. The molecule has 0 aliphatic rings. The molecule has 0 aromatic heterocycles. The second-order valence-corrected chi connectivity index (χ2v) is 5.78. The van der Waals surface area contributed by atoms with Gasteiger partial charge in [0.2, 0.25) is 5.75 Å². The van der Waals surface area contributed by atoms with Gasteiger partial charge in [-0.15, -0.1) is 0 Å². The molecule has 0 amide bonds. The SMILES string of the molecule is COc1ccc(CNCc2ccc3ccccc3c2)c(OC)c1OC. The first-order valence-electron chi connectivity index (χ1n) is 8.23. The van der Waals surface area contributed by atoms with Crippen LogP contribution in [0.25, 0.3) is 10.8 Å². The predicted octanol–water partition coefficient (Wildman–Crippen LogP) is 4.16. The molecule has 3 aromatic carbocycles.